The molecule has 0 saturated heterocycles. The van der Waals surface area contributed by atoms with E-state index in [9.17, 15) is 14.7 Å². The van der Waals surface area contributed by atoms with E-state index in [0.29, 0.717) is 0 Å². The Kier molecular flexibility index (Phi) is 3.37. The van der Waals surface area contributed by atoms with Gasteiger partial charge in [-0.05, 0) is 18.2 Å². The summed E-state index contributed by atoms with van der Waals surface area (Å²) in [7, 11) is 0. The standard InChI is InChI=1S/C12H9N3O4/c16-10-3-7(12(18)19)1-2-9(10)15-11(17)8-4-13-6-14-5-8/h1-6,16H,(H,15,17)(H,18,19). The Balaban J connectivity index is 2.20. The molecular formula is C12H9N3O4. The van der Waals surface area contributed by atoms with E-state index in [1.54, 1.807) is 0 Å². The highest BCUT2D eigenvalue weighted by molar-refractivity contribution is 6.04. The Labute approximate surface area is 107 Å². The zero-order valence-electron chi connectivity index (χ0n) is 9.57. The lowest BCUT2D eigenvalue weighted by atomic mass is 10.2. The molecule has 1 aromatic carbocycles. The topological polar surface area (TPSA) is 112 Å². The number of nitrogens with one attached hydrogen (secondary N) is 1. The summed E-state index contributed by atoms with van der Waals surface area (Å²) in [5.74, 6) is -1.99. The molecule has 0 fully saturated rings. The van der Waals surface area contributed by atoms with Crippen LogP contribution in [-0.2, 0) is 0 Å². The fraction of sp³-hybridized carbons (Fsp3) is 0. The molecule has 0 saturated carbocycles. The normalized spacial score (nSPS) is 9.89. The number of anilines is 1. The molecule has 0 aliphatic heterocycles. The van der Waals surface area contributed by atoms with Crippen molar-refractivity contribution in [1.82, 2.24) is 9.97 Å². The average Bonchev–Trinajstić information content (AvgIpc) is 2.41. The summed E-state index contributed by atoms with van der Waals surface area (Å²) < 4.78 is 0. The van der Waals surface area contributed by atoms with E-state index in [4.69, 9.17) is 5.11 Å². The minimum absolute atomic E-state index is 0.0708. The van der Waals surface area contributed by atoms with Crippen molar-refractivity contribution in [3.05, 3.63) is 48.0 Å². The van der Waals surface area contributed by atoms with E-state index in [2.05, 4.69) is 15.3 Å². The van der Waals surface area contributed by atoms with Gasteiger partial charge >= 0.3 is 5.97 Å². The van der Waals surface area contributed by atoms with E-state index in [1.165, 1.54) is 30.9 Å². The minimum atomic E-state index is -1.16. The van der Waals surface area contributed by atoms with E-state index >= 15 is 0 Å². The second-order valence-electron chi connectivity index (χ2n) is 3.62. The summed E-state index contributed by atoms with van der Waals surface area (Å²) >= 11 is 0. The number of amides is 1. The van der Waals surface area contributed by atoms with Gasteiger partial charge in [0, 0.05) is 12.4 Å². The summed E-state index contributed by atoms with van der Waals surface area (Å²) in [6.07, 6.45) is 3.94. The van der Waals surface area contributed by atoms with Crippen LogP contribution in [0.3, 0.4) is 0 Å². The molecule has 2 rings (SSSR count). The predicted molar refractivity (Wildman–Crippen MR) is 65.1 cm³/mol. The van der Waals surface area contributed by atoms with Crippen LogP contribution in [0.15, 0.2) is 36.9 Å². The second-order valence-corrected chi connectivity index (χ2v) is 3.62. The number of aromatic hydroxyl groups is 1. The van der Waals surface area contributed by atoms with Crippen molar-refractivity contribution < 1.29 is 19.8 Å². The molecular weight excluding hydrogens is 250 g/mol. The highest BCUT2D eigenvalue weighted by atomic mass is 16.4. The molecule has 2 aromatic rings. The summed E-state index contributed by atoms with van der Waals surface area (Å²) in [5.41, 5.74) is 0.265. The number of phenolic OH excluding ortho intramolecular Hbond substituents is 1. The lowest BCUT2D eigenvalue weighted by Crippen LogP contribution is -2.12. The molecule has 96 valence electrons. The van der Waals surface area contributed by atoms with Gasteiger partial charge in [-0.15, -0.1) is 0 Å². The van der Waals surface area contributed by atoms with Crippen molar-refractivity contribution in [2.75, 3.05) is 5.32 Å². The van der Waals surface area contributed by atoms with E-state index in [1.807, 2.05) is 0 Å². The number of carboxylic acid groups (broad SMARTS) is 1. The van der Waals surface area contributed by atoms with E-state index in [-0.39, 0.29) is 22.6 Å². The SMILES string of the molecule is O=C(O)c1ccc(NC(=O)c2cncnc2)c(O)c1. The number of benzene rings is 1. The Hall–Kier alpha value is -2.96. The lowest BCUT2D eigenvalue weighted by Gasteiger charge is -2.07. The molecule has 0 aliphatic carbocycles. The van der Waals surface area contributed by atoms with Crippen molar-refractivity contribution in [2.24, 2.45) is 0 Å². The number of rotatable bonds is 3. The highest BCUT2D eigenvalue weighted by Crippen LogP contribution is 2.24. The molecule has 0 radical (unpaired) electrons. The Morgan fingerprint density at radius 3 is 2.37 bits per heavy atom. The average molecular weight is 259 g/mol. The second kappa shape index (κ2) is 5.13. The van der Waals surface area contributed by atoms with Crippen molar-refractivity contribution in [3.8, 4) is 5.75 Å². The fourth-order valence-electron chi connectivity index (χ4n) is 1.38. The molecule has 0 aliphatic rings. The van der Waals surface area contributed by atoms with Crippen LogP contribution >= 0.6 is 0 Å². The van der Waals surface area contributed by atoms with Gasteiger partial charge in [-0.25, -0.2) is 14.8 Å². The van der Waals surface area contributed by atoms with Gasteiger partial charge < -0.3 is 15.5 Å². The molecule has 0 spiro atoms. The van der Waals surface area contributed by atoms with Crippen LogP contribution in [0.25, 0.3) is 0 Å². The Morgan fingerprint density at radius 1 is 1.11 bits per heavy atom. The fourth-order valence-corrected chi connectivity index (χ4v) is 1.38. The lowest BCUT2D eigenvalue weighted by molar-refractivity contribution is 0.0696. The number of carbonyl (C=O) groups excluding carboxylic acids is 1. The zero-order chi connectivity index (χ0) is 13.8. The number of nitrogens with zero attached hydrogens (tertiary/aromatic N) is 2. The van der Waals surface area contributed by atoms with Gasteiger partial charge in [0.15, 0.2) is 0 Å². The molecule has 19 heavy (non-hydrogen) atoms. The molecule has 3 N–H and O–H groups in total. The van der Waals surface area contributed by atoms with Crippen LogP contribution in [0.1, 0.15) is 20.7 Å². The van der Waals surface area contributed by atoms with Gasteiger partial charge in [0.2, 0.25) is 0 Å². The first-order valence-corrected chi connectivity index (χ1v) is 5.20. The smallest absolute Gasteiger partial charge is 0.335 e. The van der Waals surface area contributed by atoms with Crippen molar-refractivity contribution in [1.29, 1.82) is 0 Å². The maximum absolute atomic E-state index is 11.8. The Morgan fingerprint density at radius 2 is 1.79 bits per heavy atom. The van der Waals surface area contributed by atoms with Gasteiger partial charge in [0.1, 0.15) is 12.1 Å². The van der Waals surface area contributed by atoms with Gasteiger partial charge in [0.05, 0.1) is 16.8 Å². The summed E-state index contributed by atoms with van der Waals surface area (Å²) in [5, 5.41) is 20.8. The quantitative estimate of drug-likeness (QED) is 0.712. The maximum Gasteiger partial charge on any atom is 0.335 e. The van der Waals surface area contributed by atoms with Gasteiger partial charge in [-0.3, -0.25) is 4.79 Å². The molecule has 1 aromatic heterocycles. The van der Waals surface area contributed by atoms with E-state index in [0.717, 1.165) is 6.07 Å². The Bertz CT molecular complexity index is 628. The van der Waals surface area contributed by atoms with Gasteiger partial charge in [0.25, 0.3) is 5.91 Å². The number of aromatic carboxylic acids is 1. The number of aromatic nitrogens is 2. The minimum Gasteiger partial charge on any atom is -0.506 e. The number of hydrogen-bond acceptors (Lipinski definition) is 5. The third kappa shape index (κ3) is 2.83. The first kappa shape index (κ1) is 12.5. The molecule has 0 unspecified atom stereocenters. The van der Waals surface area contributed by atoms with Crippen LogP contribution in [0, 0.1) is 0 Å². The van der Waals surface area contributed by atoms with Crippen molar-refractivity contribution >= 4 is 17.6 Å². The molecule has 0 bridgehead atoms. The number of carbonyl (C=O) groups is 2. The molecule has 7 nitrogen and oxygen atoms in total. The van der Waals surface area contributed by atoms with E-state index < -0.39 is 11.9 Å². The van der Waals surface area contributed by atoms with Gasteiger partial charge in [-0.1, -0.05) is 0 Å². The third-order valence-corrected chi connectivity index (χ3v) is 2.32. The molecule has 0 atom stereocenters. The number of carboxylic acids is 1. The summed E-state index contributed by atoms with van der Waals surface area (Å²) in [4.78, 5) is 29.8. The van der Waals surface area contributed by atoms with Crippen LogP contribution < -0.4 is 5.32 Å². The first-order valence-electron chi connectivity index (χ1n) is 5.20. The highest BCUT2D eigenvalue weighted by Gasteiger charge is 2.11. The summed E-state index contributed by atoms with van der Waals surface area (Å²) in [6.45, 7) is 0. The largest absolute Gasteiger partial charge is 0.506 e. The van der Waals surface area contributed by atoms with Crippen LogP contribution in [0.4, 0.5) is 5.69 Å². The molecule has 1 amide bonds. The zero-order valence-corrected chi connectivity index (χ0v) is 9.57. The molecule has 1 heterocycles. The monoisotopic (exact) mass is 259 g/mol. The van der Waals surface area contributed by atoms with Crippen LogP contribution in [-0.4, -0.2) is 32.1 Å². The van der Waals surface area contributed by atoms with Crippen LogP contribution in [0.2, 0.25) is 0 Å². The third-order valence-electron chi connectivity index (χ3n) is 2.32. The first-order chi connectivity index (χ1) is 9.08. The van der Waals surface area contributed by atoms with Crippen molar-refractivity contribution in [3.63, 3.8) is 0 Å². The predicted octanol–water partition coefficient (Wildman–Crippen LogP) is 1.13. The number of hydrogen-bond donors (Lipinski definition) is 3. The maximum atomic E-state index is 11.8. The van der Waals surface area contributed by atoms with Crippen molar-refractivity contribution in [2.45, 2.75) is 0 Å². The van der Waals surface area contributed by atoms with Crippen LogP contribution in [0.5, 0.6) is 5.75 Å². The summed E-state index contributed by atoms with van der Waals surface area (Å²) in [6, 6.07) is 3.64. The number of phenols is 1. The van der Waals surface area contributed by atoms with Gasteiger partial charge in [-0.2, -0.15) is 0 Å². The molecule has 7 heteroatoms.